The maximum atomic E-state index is 14.0. The first-order chi connectivity index (χ1) is 17.3. The first kappa shape index (κ1) is 26.4. The minimum Gasteiger partial charge on any atom is -0.489 e. The van der Waals surface area contributed by atoms with Gasteiger partial charge in [-0.1, -0.05) is 39.8 Å². The number of piperidine rings is 1. The van der Waals surface area contributed by atoms with Crippen molar-refractivity contribution in [2.75, 3.05) is 36.5 Å². The summed E-state index contributed by atoms with van der Waals surface area (Å²) in [6.07, 6.45) is 0.977. The van der Waals surface area contributed by atoms with Gasteiger partial charge in [0.25, 0.3) is 5.91 Å². The molecule has 4 rings (SSSR count). The van der Waals surface area contributed by atoms with Crippen LogP contribution in [0, 0.1) is 23.6 Å². The van der Waals surface area contributed by atoms with Gasteiger partial charge in [0.05, 0.1) is 5.69 Å². The summed E-state index contributed by atoms with van der Waals surface area (Å²) in [5, 5.41) is 5.37. The molecule has 0 saturated carbocycles. The van der Waals surface area contributed by atoms with Crippen LogP contribution in [0.25, 0.3) is 0 Å². The minimum absolute atomic E-state index is 0.0671. The minimum atomic E-state index is -1.08. The first-order valence-corrected chi connectivity index (χ1v) is 12.5. The van der Waals surface area contributed by atoms with Crippen LogP contribution in [0.2, 0.25) is 0 Å². The third-order valence-electron chi connectivity index (χ3n) is 6.60. The van der Waals surface area contributed by atoms with Crippen LogP contribution in [0.4, 0.5) is 20.6 Å². The molecule has 1 saturated heterocycles. The van der Waals surface area contributed by atoms with E-state index >= 15 is 0 Å². The number of ether oxygens (including phenoxy) is 1. The van der Waals surface area contributed by atoms with E-state index in [-0.39, 0.29) is 35.6 Å². The number of aryl methyl sites for hydroxylation is 1. The van der Waals surface area contributed by atoms with Gasteiger partial charge in [-0.05, 0) is 54.0 Å². The molecule has 198 valence electrons. The summed E-state index contributed by atoms with van der Waals surface area (Å²) in [4.78, 5) is 42.9. The summed E-state index contributed by atoms with van der Waals surface area (Å²) in [7, 11) is 0. The number of carbonyl (C=O) groups is 3. The molecule has 0 radical (unpaired) electrons. The fraction of sp³-hybridized carbons (Fsp3) is 0.464. The van der Waals surface area contributed by atoms with E-state index in [1.165, 1.54) is 23.1 Å². The van der Waals surface area contributed by atoms with Crippen LogP contribution in [-0.2, 0) is 9.59 Å². The Labute approximate surface area is 217 Å². The molecule has 8 nitrogen and oxygen atoms in total. The summed E-state index contributed by atoms with van der Waals surface area (Å²) in [5.74, 6) is -1.10. The first-order valence-electron chi connectivity index (χ1n) is 12.5. The molecule has 0 unspecified atom stereocenters. The number of anilines is 2. The number of urea groups is 1. The number of halogens is 1. The van der Waals surface area contributed by atoms with E-state index in [4.69, 9.17) is 4.74 Å². The summed E-state index contributed by atoms with van der Waals surface area (Å²) in [6.45, 7) is 11.1. The Bertz CT molecular complexity index is 1200. The van der Waals surface area contributed by atoms with Crippen molar-refractivity contribution in [1.82, 2.24) is 10.2 Å². The highest BCUT2D eigenvalue weighted by atomic mass is 19.1. The molecule has 0 spiro atoms. The Morgan fingerprint density at radius 2 is 1.78 bits per heavy atom. The lowest BCUT2D eigenvalue weighted by atomic mass is 9.71. The molecule has 4 amide bonds. The average molecular weight is 511 g/mol. The molecule has 2 aromatic carbocycles. The molecular weight excluding hydrogens is 475 g/mol. The summed E-state index contributed by atoms with van der Waals surface area (Å²) in [6, 6.07) is 9.42. The number of carbonyl (C=O) groups excluding carboxylic acids is 3. The van der Waals surface area contributed by atoms with Crippen LogP contribution in [0.5, 0.6) is 5.75 Å². The molecule has 0 aromatic heterocycles. The van der Waals surface area contributed by atoms with Crippen molar-refractivity contribution in [3.63, 3.8) is 0 Å². The van der Waals surface area contributed by atoms with E-state index < -0.39 is 23.8 Å². The fourth-order valence-electron chi connectivity index (χ4n) is 5.60. The van der Waals surface area contributed by atoms with Crippen molar-refractivity contribution in [1.29, 1.82) is 0 Å². The number of hydrogen-bond acceptors (Lipinski definition) is 4. The molecule has 2 aromatic rings. The van der Waals surface area contributed by atoms with E-state index in [2.05, 4.69) is 38.3 Å². The van der Waals surface area contributed by atoms with Crippen LogP contribution in [-0.4, -0.2) is 55.0 Å². The standard InChI is InChI=1S/C28H35FN4O4/c1-18-7-6-8-20(11-18)30-26(36)31-21-14-37-23-12-19(29)9-10-22(23)33(25(21)35)13-24(34)32-16-27(2,3)15-28(4,5)17-32/h6-12,21H,13-17H2,1-5H3,(H2,30,31,36)/t21-/m1/s1. The van der Waals surface area contributed by atoms with Gasteiger partial charge in [-0.25, -0.2) is 9.18 Å². The highest BCUT2D eigenvalue weighted by Crippen LogP contribution is 2.40. The zero-order valence-electron chi connectivity index (χ0n) is 22.1. The van der Waals surface area contributed by atoms with E-state index in [9.17, 15) is 18.8 Å². The van der Waals surface area contributed by atoms with Gasteiger partial charge in [0.1, 0.15) is 30.8 Å². The molecule has 2 N–H and O–H groups in total. The van der Waals surface area contributed by atoms with Gasteiger partial charge in [0.2, 0.25) is 5.91 Å². The second-order valence-corrected chi connectivity index (χ2v) is 11.6. The van der Waals surface area contributed by atoms with Crippen LogP contribution >= 0.6 is 0 Å². The molecule has 2 aliphatic rings. The molecule has 2 aliphatic heterocycles. The number of likely N-dealkylation sites (tertiary alicyclic amines) is 1. The molecule has 37 heavy (non-hydrogen) atoms. The lowest BCUT2D eigenvalue weighted by Gasteiger charge is -2.47. The van der Waals surface area contributed by atoms with Gasteiger partial charge in [-0.3, -0.25) is 14.5 Å². The van der Waals surface area contributed by atoms with Gasteiger partial charge in [-0.15, -0.1) is 0 Å². The van der Waals surface area contributed by atoms with E-state index in [0.717, 1.165) is 12.0 Å². The molecule has 0 aliphatic carbocycles. The van der Waals surface area contributed by atoms with Gasteiger partial charge in [-0.2, -0.15) is 0 Å². The number of benzene rings is 2. The number of nitrogens with zero attached hydrogens (tertiary/aromatic N) is 2. The normalized spacial score (nSPS) is 20.4. The maximum Gasteiger partial charge on any atom is 0.320 e. The van der Waals surface area contributed by atoms with Crippen LogP contribution in [0.1, 0.15) is 39.7 Å². The lowest BCUT2D eigenvalue weighted by Crippen LogP contribution is -2.56. The van der Waals surface area contributed by atoms with Crippen LogP contribution in [0.3, 0.4) is 0 Å². The van der Waals surface area contributed by atoms with Crippen molar-refractivity contribution in [3.8, 4) is 5.75 Å². The van der Waals surface area contributed by atoms with Crippen molar-refractivity contribution >= 4 is 29.2 Å². The predicted molar refractivity (Wildman–Crippen MR) is 140 cm³/mol. The Morgan fingerprint density at radius 3 is 2.46 bits per heavy atom. The van der Waals surface area contributed by atoms with Crippen molar-refractivity contribution in [2.45, 2.75) is 47.1 Å². The SMILES string of the molecule is Cc1cccc(NC(=O)N[C@@H]2COc3cc(F)ccc3N(CC(=O)N3CC(C)(C)CC(C)(C)C3)C2=O)c1. The lowest BCUT2D eigenvalue weighted by molar-refractivity contribution is -0.137. The molecular formula is C28H35FN4O4. The number of nitrogens with one attached hydrogen (secondary N) is 2. The quantitative estimate of drug-likeness (QED) is 0.641. The van der Waals surface area contributed by atoms with Gasteiger partial charge < -0.3 is 20.3 Å². The molecule has 1 fully saturated rings. The molecule has 9 heteroatoms. The predicted octanol–water partition coefficient (Wildman–Crippen LogP) is 4.33. The van der Waals surface area contributed by atoms with Crippen molar-refractivity contribution in [2.24, 2.45) is 10.8 Å². The third kappa shape index (κ3) is 6.39. The van der Waals surface area contributed by atoms with Crippen LogP contribution in [0.15, 0.2) is 42.5 Å². The zero-order valence-corrected chi connectivity index (χ0v) is 22.1. The molecule has 0 bridgehead atoms. The van der Waals surface area contributed by atoms with Gasteiger partial charge in [0.15, 0.2) is 0 Å². The van der Waals surface area contributed by atoms with E-state index in [1.54, 1.807) is 17.0 Å². The van der Waals surface area contributed by atoms with Crippen molar-refractivity contribution < 1.29 is 23.5 Å². The summed E-state index contributed by atoms with van der Waals surface area (Å²) < 4.78 is 19.8. The number of hydrogen-bond donors (Lipinski definition) is 2. The highest BCUT2D eigenvalue weighted by molar-refractivity contribution is 6.05. The van der Waals surface area contributed by atoms with E-state index in [1.807, 2.05) is 19.1 Å². The monoisotopic (exact) mass is 510 g/mol. The van der Waals surface area contributed by atoms with E-state index in [0.29, 0.717) is 24.5 Å². The Balaban J connectivity index is 1.56. The van der Waals surface area contributed by atoms with Gasteiger partial charge in [0, 0.05) is 24.8 Å². The Hall–Kier alpha value is -3.62. The Morgan fingerprint density at radius 1 is 1.08 bits per heavy atom. The number of rotatable bonds is 4. The fourth-order valence-corrected chi connectivity index (χ4v) is 5.60. The summed E-state index contributed by atoms with van der Waals surface area (Å²) >= 11 is 0. The van der Waals surface area contributed by atoms with Crippen molar-refractivity contribution in [3.05, 3.63) is 53.8 Å². The topological polar surface area (TPSA) is 91.0 Å². The zero-order chi connectivity index (χ0) is 27.0. The second kappa shape index (κ2) is 10.0. The number of fused-ring (bicyclic) bond motifs is 1. The largest absolute Gasteiger partial charge is 0.489 e. The van der Waals surface area contributed by atoms with Crippen LogP contribution < -0.4 is 20.3 Å². The molecule has 1 atom stereocenters. The smallest absolute Gasteiger partial charge is 0.320 e. The molecule has 2 heterocycles. The Kier molecular flexibility index (Phi) is 7.17. The highest BCUT2D eigenvalue weighted by Gasteiger charge is 2.41. The second-order valence-electron chi connectivity index (χ2n) is 11.6. The number of amides is 4. The van der Waals surface area contributed by atoms with Gasteiger partial charge >= 0.3 is 6.03 Å². The average Bonchev–Trinajstić information content (AvgIpc) is 2.89. The summed E-state index contributed by atoms with van der Waals surface area (Å²) in [5.41, 5.74) is 1.70. The maximum absolute atomic E-state index is 14.0. The third-order valence-corrected chi connectivity index (χ3v) is 6.60.